The number of hydrogen-bond acceptors (Lipinski definition) is 2. The molecule has 1 aromatic heterocycles. The quantitative estimate of drug-likeness (QED) is 0.631. The predicted molar refractivity (Wildman–Crippen MR) is 46.9 cm³/mol. The second-order valence-electron chi connectivity index (χ2n) is 2.40. The van der Waals surface area contributed by atoms with Crippen LogP contribution in [-0.2, 0) is 0 Å². The first-order chi connectivity index (χ1) is 5.77. The van der Waals surface area contributed by atoms with Crippen LogP contribution in [-0.4, -0.2) is 9.97 Å². The molecule has 12 heavy (non-hydrogen) atoms. The van der Waals surface area contributed by atoms with Gasteiger partial charge in [0.15, 0.2) is 0 Å². The van der Waals surface area contributed by atoms with Gasteiger partial charge in [-0.25, -0.2) is 9.37 Å². The number of aromatic nitrogens is 2. The molecule has 0 saturated carbocycles. The Morgan fingerprint density at radius 3 is 3.08 bits per heavy atom. The molecule has 0 aliphatic carbocycles. The zero-order valence-corrected chi connectivity index (χ0v) is 6.86. The molecule has 1 heterocycles. The van der Waals surface area contributed by atoms with Crippen molar-refractivity contribution < 1.29 is 4.39 Å². The summed E-state index contributed by atoms with van der Waals surface area (Å²) in [5.74, 6) is -0.278. The Kier molecular flexibility index (Phi) is 1.62. The average molecular weight is 180 g/mol. The number of nitrogens with one attached hydrogen (secondary N) is 1. The van der Waals surface area contributed by atoms with Crippen LogP contribution < -0.4 is 0 Å². The number of benzene rings is 1. The summed E-state index contributed by atoms with van der Waals surface area (Å²) < 4.78 is 13.2. The standard InChI is InChI=1S/C8H5FN2S/c9-5-1-2-6-7(3-5)10-4-11-8(6)12/h1-4H,(H,10,11,12). The van der Waals surface area contributed by atoms with Gasteiger partial charge in [-0.3, -0.25) is 0 Å². The van der Waals surface area contributed by atoms with Gasteiger partial charge in [0.1, 0.15) is 10.5 Å². The fraction of sp³-hybridized carbons (Fsp3) is 0. The first kappa shape index (κ1) is 7.36. The number of nitrogens with zero attached hydrogens (tertiary/aromatic N) is 1. The molecular weight excluding hydrogens is 175 g/mol. The Balaban J connectivity index is 2.96. The minimum atomic E-state index is -0.278. The van der Waals surface area contributed by atoms with E-state index in [2.05, 4.69) is 9.97 Å². The SMILES string of the molecule is Fc1ccc2c(=S)nc[nH]c2c1. The third kappa shape index (κ3) is 1.10. The predicted octanol–water partition coefficient (Wildman–Crippen LogP) is 2.43. The summed E-state index contributed by atoms with van der Waals surface area (Å²) >= 11 is 4.94. The summed E-state index contributed by atoms with van der Waals surface area (Å²) in [5, 5.41) is 0.772. The van der Waals surface area contributed by atoms with Crippen molar-refractivity contribution in [2.24, 2.45) is 0 Å². The van der Waals surface area contributed by atoms with Gasteiger partial charge < -0.3 is 4.98 Å². The van der Waals surface area contributed by atoms with Gasteiger partial charge in [-0.05, 0) is 18.2 Å². The Labute approximate surface area is 73.1 Å². The topological polar surface area (TPSA) is 28.7 Å². The minimum Gasteiger partial charge on any atom is -0.346 e. The molecule has 0 fully saturated rings. The smallest absolute Gasteiger partial charge is 0.137 e. The molecular formula is C8H5FN2S. The lowest BCUT2D eigenvalue weighted by Gasteiger charge is -1.95. The Bertz CT molecular complexity index is 478. The van der Waals surface area contributed by atoms with Gasteiger partial charge in [-0.1, -0.05) is 12.2 Å². The highest BCUT2D eigenvalue weighted by Gasteiger charge is 1.96. The van der Waals surface area contributed by atoms with E-state index in [1.807, 2.05) is 0 Å². The van der Waals surface area contributed by atoms with Gasteiger partial charge in [0, 0.05) is 5.39 Å². The zero-order chi connectivity index (χ0) is 8.55. The van der Waals surface area contributed by atoms with E-state index in [1.54, 1.807) is 6.07 Å². The Morgan fingerprint density at radius 1 is 1.42 bits per heavy atom. The summed E-state index contributed by atoms with van der Waals surface area (Å²) in [4.78, 5) is 6.69. The largest absolute Gasteiger partial charge is 0.346 e. The van der Waals surface area contributed by atoms with Crippen LogP contribution in [0.4, 0.5) is 4.39 Å². The lowest BCUT2D eigenvalue weighted by atomic mass is 10.2. The lowest BCUT2D eigenvalue weighted by molar-refractivity contribution is 0.629. The maximum absolute atomic E-state index is 12.7. The van der Waals surface area contributed by atoms with Crippen LogP contribution in [0.1, 0.15) is 0 Å². The number of aromatic amines is 1. The van der Waals surface area contributed by atoms with Gasteiger partial charge in [0.25, 0.3) is 0 Å². The summed E-state index contributed by atoms with van der Waals surface area (Å²) in [6.07, 6.45) is 1.46. The Hall–Kier alpha value is -1.29. The molecule has 0 amide bonds. The maximum atomic E-state index is 12.7. The highest BCUT2D eigenvalue weighted by molar-refractivity contribution is 7.71. The van der Waals surface area contributed by atoms with Crippen LogP contribution in [0.15, 0.2) is 24.5 Å². The monoisotopic (exact) mass is 180 g/mol. The summed E-state index contributed by atoms with van der Waals surface area (Å²) in [6, 6.07) is 4.39. The normalized spacial score (nSPS) is 10.4. The second kappa shape index (κ2) is 2.64. The molecule has 1 aromatic carbocycles. The van der Waals surface area contributed by atoms with Crippen molar-refractivity contribution in [3.8, 4) is 0 Å². The third-order valence-corrected chi connectivity index (χ3v) is 1.94. The van der Waals surface area contributed by atoms with Crippen molar-refractivity contribution in [1.82, 2.24) is 9.97 Å². The van der Waals surface area contributed by atoms with E-state index >= 15 is 0 Å². The van der Waals surface area contributed by atoms with Crippen LogP contribution in [0.3, 0.4) is 0 Å². The molecule has 2 rings (SSSR count). The maximum Gasteiger partial charge on any atom is 0.137 e. The Morgan fingerprint density at radius 2 is 2.25 bits per heavy atom. The van der Waals surface area contributed by atoms with Gasteiger partial charge in [0.05, 0.1) is 11.8 Å². The summed E-state index contributed by atoms with van der Waals surface area (Å²) in [5.41, 5.74) is 0.676. The molecule has 0 spiro atoms. The number of rotatable bonds is 0. The van der Waals surface area contributed by atoms with Gasteiger partial charge in [-0.2, -0.15) is 0 Å². The number of fused-ring (bicyclic) bond motifs is 1. The molecule has 2 nitrogen and oxygen atoms in total. The van der Waals surface area contributed by atoms with Crippen LogP contribution >= 0.6 is 12.2 Å². The van der Waals surface area contributed by atoms with Crippen molar-refractivity contribution in [3.05, 3.63) is 35.0 Å². The van der Waals surface area contributed by atoms with Gasteiger partial charge in [-0.15, -0.1) is 0 Å². The van der Waals surface area contributed by atoms with Crippen LogP contribution in [0.5, 0.6) is 0 Å². The third-order valence-electron chi connectivity index (χ3n) is 1.61. The molecule has 0 bridgehead atoms. The molecule has 0 unspecified atom stereocenters. The van der Waals surface area contributed by atoms with Crippen LogP contribution in [0.25, 0.3) is 10.9 Å². The fourth-order valence-electron chi connectivity index (χ4n) is 1.05. The van der Waals surface area contributed by atoms with E-state index < -0.39 is 0 Å². The van der Waals surface area contributed by atoms with E-state index in [-0.39, 0.29) is 5.82 Å². The minimum absolute atomic E-state index is 0.278. The highest BCUT2D eigenvalue weighted by Crippen LogP contribution is 2.12. The molecule has 4 heteroatoms. The molecule has 0 aliphatic heterocycles. The van der Waals surface area contributed by atoms with Crippen molar-refractivity contribution in [2.75, 3.05) is 0 Å². The number of halogens is 1. The van der Waals surface area contributed by atoms with Gasteiger partial charge >= 0.3 is 0 Å². The second-order valence-corrected chi connectivity index (χ2v) is 2.78. The van der Waals surface area contributed by atoms with E-state index in [4.69, 9.17) is 12.2 Å². The van der Waals surface area contributed by atoms with Gasteiger partial charge in [0.2, 0.25) is 0 Å². The molecule has 2 aromatic rings. The lowest BCUT2D eigenvalue weighted by Crippen LogP contribution is -1.83. The van der Waals surface area contributed by atoms with E-state index in [0.717, 1.165) is 5.39 Å². The van der Waals surface area contributed by atoms with E-state index in [0.29, 0.717) is 10.2 Å². The zero-order valence-electron chi connectivity index (χ0n) is 6.04. The molecule has 1 N–H and O–H groups in total. The van der Waals surface area contributed by atoms with E-state index in [9.17, 15) is 4.39 Å². The number of hydrogen-bond donors (Lipinski definition) is 1. The van der Waals surface area contributed by atoms with Crippen molar-refractivity contribution in [3.63, 3.8) is 0 Å². The van der Waals surface area contributed by atoms with E-state index in [1.165, 1.54) is 18.5 Å². The molecule has 0 saturated heterocycles. The molecule has 0 atom stereocenters. The first-order valence-corrected chi connectivity index (χ1v) is 3.81. The van der Waals surface area contributed by atoms with Crippen LogP contribution in [0.2, 0.25) is 0 Å². The fourth-order valence-corrected chi connectivity index (χ4v) is 1.28. The summed E-state index contributed by atoms with van der Waals surface area (Å²) in [6.45, 7) is 0. The molecule has 0 radical (unpaired) electrons. The van der Waals surface area contributed by atoms with Crippen molar-refractivity contribution in [2.45, 2.75) is 0 Å². The molecule has 60 valence electrons. The van der Waals surface area contributed by atoms with Crippen molar-refractivity contribution >= 4 is 23.1 Å². The van der Waals surface area contributed by atoms with Crippen LogP contribution in [0, 0.1) is 10.5 Å². The van der Waals surface area contributed by atoms with Crippen molar-refractivity contribution in [1.29, 1.82) is 0 Å². The highest BCUT2D eigenvalue weighted by atomic mass is 32.1. The first-order valence-electron chi connectivity index (χ1n) is 3.40. The average Bonchev–Trinajstić information content (AvgIpc) is 2.04. The summed E-state index contributed by atoms with van der Waals surface area (Å²) in [7, 11) is 0. The molecule has 0 aliphatic rings. The number of H-pyrrole nitrogens is 1.